The molecule has 2 aromatic heterocycles. The Morgan fingerprint density at radius 3 is 2.69 bits per heavy atom. The van der Waals surface area contributed by atoms with Crippen molar-refractivity contribution < 1.29 is 4.79 Å². The Hall–Kier alpha value is -3.81. The Morgan fingerprint density at radius 1 is 1.12 bits per heavy atom. The van der Waals surface area contributed by atoms with Gasteiger partial charge in [0.2, 0.25) is 0 Å². The third kappa shape index (κ3) is 3.91. The van der Waals surface area contributed by atoms with Crippen molar-refractivity contribution in [2.75, 3.05) is 13.1 Å². The number of aromatic nitrogens is 5. The van der Waals surface area contributed by atoms with Crippen molar-refractivity contribution >= 4 is 17.1 Å². The molecule has 0 aliphatic carbocycles. The molecule has 0 saturated carbocycles. The highest BCUT2D eigenvalue weighted by Gasteiger charge is 2.28. The summed E-state index contributed by atoms with van der Waals surface area (Å²) in [5, 5.41) is 8.21. The van der Waals surface area contributed by atoms with Gasteiger partial charge in [-0.05, 0) is 37.5 Å². The lowest BCUT2D eigenvalue weighted by Crippen LogP contribution is -2.39. The van der Waals surface area contributed by atoms with Gasteiger partial charge in [0.1, 0.15) is 5.82 Å². The van der Waals surface area contributed by atoms with Gasteiger partial charge in [-0.3, -0.25) is 9.59 Å². The summed E-state index contributed by atoms with van der Waals surface area (Å²) in [4.78, 5) is 35.1. The Balaban J connectivity index is 1.43. The van der Waals surface area contributed by atoms with Gasteiger partial charge in [0.15, 0.2) is 11.2 Å². The largest absolute Gasteiger partial charge is 0.338 e. The number of aryl methyl sites for hydroxylation is 1. The summed E-state index contributed by atoms with van der Waals surface area (Å²) >= 11 is 0. The average Bonchev–Trinajstić information content (AvgIpc) is 3.24. The van der Waals surface area contributed by atoms with Gasteiger partial charge in [-0.2, -0.15) is 0 Å². The third-order valence-electron chi connectivity index (χ3n) is 5.96. The highest BCUT2D eigenvalue weighted by Crippen LogP contribution is 2.26. The Kier molecular flexibility index (Phi) is 5.26. The highest BCUT2D eigenvalue weighted by molar-refractivity contribution is 5.94. The van der Waals surface area contributed by atoms with E-state index in [-0.39, 0.29) is 22.9 Å². The molecule has 0 bridgehead atoms. The molecule has 1 unspecified atom stereocenters. The average molecular weight is 428 g/mol. The minimum Gasteiger partial charge on any atom is -0.338 e. The number of benzene rings is 2. The van der Waals surface area contributed by atoms with Gasteiger partial charge in [0.05, 0.1) is 6.54 Å². The van der Waals surface area contributed by atoms with Crippen molar-refractivity contribution in [3.63, 3.8) is 0 Å². The van der Waals surface area contributed by atoms with E-state index in [1.54, 1.807) is 4.68 Å². The van der Waals surface area contributed by atoms with Crippen LogP contribution in [0, 0.1) is 6.92 Å². The van der Waals surface area contributed by atoms with E-state index in [1.165, 1.54) is 5.56 Å². The number of rotatable bonds is 4. The number of hydrogen-bond acceptors (Lipinski definition) is 5. The summed E-state index contributed by atoms with van der Waals surface area (Å²) in [6, 6.07) is 17.4. The molecule has 0 radical (unpaired) electrons. The highest BCUT2D eigenvalue weighted by atomic mass is 16.2. The van der Waals surface area contributed by atoms with Crippen LogP contribution in [-0.2, 0) is 6.54 Å². The smallest absolute Gasteiger partial charge is 0.281 e. The summed E-state index contributed by atoms with van der Waals surface area (Å²) in [6.07, 6.45) is 1.71. The number of carbonyl (C=O) groups excluding carboxylic acids is 1. The maximum atomic E-state index is 12.9. The monoisotopic (exact) mass is 428 g/mol. The summed E-state index contributed by atoms with van der Waals surface area (Å²) in [7, 11) is 0. The Labute approximate surface area is 184 Å². The van der Waals surface area contributed by atoms with Gasteiger partial charge >= 0.3 is 0 Å². The van der Waals surface area contributed by atoms with Crippen LogP contribution in [0.2, 0.25) is 0 Å². The number of piperidine rings is 1. The number of hydrogen-bond donors (Lipinski definition) is 1. The first-order valence-corrected chi connectivity index (χ1v) is 10.8. The van der Waals surface area contributed by atoms with E-state index in [9.17, 15) is 9.59 Å². The zero-order chi connectivity index (χ0) is 22.1. The SMILES string of the molecule is Cc1ccc(Cn2nnc3c(=O)[nH]c(C4CCCN(C(=O)c5ccccc5)C4)nc32)cc1. The molecule has 5 rings (SSSR count). The molecule has 1 aliphatic rings. The molecule has 2 aromatic carbocycles. The molecule has 1 amide bonds. The third-order valence-corrected chi connectivity index (χ3v) is 5.96. The predicted molar refractivity (Wildman–Crippen MR) is 121 cm³/mol. The Morgan fingerprint density at radius 2 is 1.91 bits per heavy atom. The molecule has 3 heterocycles. The number of fused-ring (bicyclic) bond motifs is 1. The van der Waals surface area contributed by atoms with Crippen LogP contribution in [-0.4, -0.2) is 48.9 Å². The number of aromatic amines is 1. The van der Waals surface area contributed by atoms with Crippen LogP contribution in [0.1, 0.15) is 46.1 Å². The van der Waals surface area contributed by atoms with Crippen LogP contribution in [0.5, 0.6) is 0 Å². The van der Waals surface area contributed by atoms with Gasteiger partial charge in [-0.1, -0.05) is 53.2 Å². The van der Waals surface area contributed by atoms with E-state index in [0.717, 1.165) is 18.4 Å². The molecular weight excluding hydrogens is 404 g/mol. The molecule has 1 aliphatic heterocycles. The quantitative estimate of drug-likeness (QED) is 0.539. The van der Waals surface area contributed by atoms with Gasteiger partial charge in [0.25, 0.3) is 11.5 Å². The summed E-state index contributed by atoms with van der Waals surface area (Å²) in [6.45, 7) is 3.74. The molecule has 1 saturated heterocycles. The van der Waals surface area contributed by atoms with Crippen molar-refractivity contribution in [1.29, 1.82) is 0 Å². The van der Waals surface area contributed by atoms with E-state index in [2.05, 4.69) is 15.3 Å². The molecule has 32 heavy (non-hydrogen) atoms. The van der Waals surface area contributed by atoms with Crippen molar-refractivity contribution in [2.24, 2.45) is 0 Å². The first-order chi connectivity index (χ1) is 15.6. The molecule has 8 heteroatoms. The van der Waals surface area contributed by atoms with E-state index in [4.69, 9.17) is 4.98 Å². The normalized spacial score (nSPS) is 16.4. The van der Waals surface area contributed by atoms with Crippen molar-refractivity contribution in [3.8, 4) is 0 Å². The number of amides is 1. The summed E-state index contributed by atoms with van der Waals surface area (Å²) in [5.41, 5.74) is 3.31. The van der Waals surface area contributed by atoms with E-state index < -0.39 is 0 Å². The minimum absolute atomic E-state index is 0.00445. The van der Waals surface area contributed by atoms with Crippen LogP contribution in [0.25, 0.3) is 11.2 Å². The number of H-pyrrole nitrogens is 1. The lowest BCUT2D eigenvalue weighted by atomic mass is 9.96. The minimum atomic E-state index is -0.299. The zero-order valence-electron chi connectivity index (χ0n) is 17.9. The lowest BCUT2D eigenvalue weighted by Gasteiger charge is -2.32. The van der Waals surface area contributed by atoms with E-state index in [1.807, 2.05) is 66.4 Å². The molecule has 4 aromatic rings. The van der Waals surface area contributed by atoms with Gasteiger partial charge < -0.3 is 9.88 Å². The van der Waals surface area contributed by atoms with Crippen LogP contribution >= 0.6 is 0 Å². The fourth-order valence-electron chi connectivity index (χ4n) is 4.20. The zero-order valence-corrected chi connectivity index (χ0v) is 17.9. The number of carbonyl (C=O) groups is 1. The number of nitrogens with zero attached hydrogens (tertiary/aromatic N) is 5. The second-order valence-electron chi connectivity index (χ2n) is 8.31. The molecule has 0 spiro atoms. The van der Waals surface area contributed by atoms with E-state index in [0.29, 0.717) is 36.7 Å². The number of nitrogens with one attached hydrogen (secondary N) is 1. The molecule has 1 fully saturated rings. The fraction of sp³-hybridized carbons (Fsp3) is 0.292. The van der Waals surface area contributed by atoms with Crippen molar-refractivity contribution in [1.82, 2.24) is 29.9 Å². The predicted octanol–water partition coefficient (Wildman–Crippen LogP) is 2.89. The molecule has 1 N–H and O–H groups in total. The van der Waals surface area contributed by atoms with Crippen LogP contribution < -0.4 is 5.56 Å². The molecular formula is C24H24N6O2. The standard InChI is InChI=1S/C24H24N6O2/c1-16-9-11-17(12-10-16)14-30-22-20(27-28-30)23(31)26-21(25-22)19-8-5-13-29(15-19)24(32)18-6-3-2-4-7-18/h2-4,6-7,9-12,19H,5,8,13-15H2,1H3,(H,25,26,31). The van der Waals surface area contributed by atoms with Crippen LogP contribution in [0.15, 0.2) is 59.4 Å². The maximum Gasteiger partial charge on any atom is 0.281 e. The van der Waals surface area contributed by atoms with Gasteiger partial charge in [-0.15, -0.1) is 5.10 Å². The first kappa shape index (κ1) is 20.1. The lowest BCUT2D eigenvalue weighted by molar-refractivity contribution is 0.0704. The first-order valence-electron chi connectivity index (χ1n) is 10.8. The second-order valence-corrected chi connectivity index (χ2v) is 8.31. The summed E-state index contributed by atoms with van der Waals surface area (Å²) in [5.74, 6) is 0.543. The maximum absolute atomic E-state index is 12.9. The molecule has 8 nitrogen and oxygen atoms in total. The summed E-state index contributed by atoms with van der Waals surface area (Å²) < 4.78 is 1.66. The second kappa shape index (κ2) is 8.37. The number of likely N-dealkylation sites (tertiary alicyclic amines) is 1. The van der Waals surface area contributed by atoms with E-state index >= 15 is 0 Å². The van der Waals surface area contributed by atoms with Gasteiger partial charge in [-0.25, -0.2) is 9.67 Å². The molecule has 1 atom stereocenters. The Bertz CT molecular complexity index is 1310. The van der Waals surface area contributed by atoms with Crippen LogP contribution in [0.4, 0.5) is 0 Å². The fourth-order valence-corrected chi connectivity index (χ4v) is 4.20. The van der Waals surface area contributed by atoms with Gasteiger partial charge in [0, 0.05) is 24.6 Å². The van der Waals surface area contributed by atoms with Crippen molar-refractivity contribution in [3.05, 3.63) is 87.5 Å². The van der Waals surface area contributed by atoms with Crippen LogP contribution in [0.3, 0.4) is 0 Å². The van der Waals surface area contributed by atoms with Crippen molar-refractivity contribution in [2.45, 2.75) is 32.2 Å². The molecule has 162 valence electrons. The topological polar surface area (TPSA) is 96.8 Å².